The van der Waals surface area contributed by atoms with Crippen LogP contribution in [-0.2, 0) is 12.8 Å². The molecule has 1 saturated heterocycles. The fourth-order valence-electron chi connectivity index (χ4n) is 2.83. The topological polar surface area (TPSA) is 21.3 Å². The van der Waals surface area contributed by atoms with Gasteiger partial charge in [-0.1, -0.05) is 6.07 Å². The minimum Gasteiger partial charge on any atom is -0.492 e. The van der Waals surface area contributed by atoms with Gasteiger partial charge < -0.3 is 10.1 Å². The van der Waals surface area contributed by atoms with Crippen LogP contribution < -0.4 is 10.1 Å². The van der Waals surface area contributed by atoms with E-state index in [9.17, 15) is 0 Å². The van der Waals surface area contributed by atoms with Gasteiger partial charge in [0.1, 0.15) is 5.75 Å². The van der Waals surface area contributed by atoms with E-state index in [1.165, 1.54) is 30.5 Å². The number of nitrogens with one attached hydrogen (secondary N) is 1. The molecule has 2 aliphatic rings. The SMILES string of the molecule is Brc1cc(CC2CCCN2)cc2c1OCCC2. The van der Waals surface area contributed by atoms with E-state index >= 15 is 0 Å². The molecule has 1 aromatic carbocycles. The minimum absolute atomic E-state index is 0.671. The lowest BCUT2D eigenvalue weighted by Crippen LogP contribution is -2.23. The van der Waals surface area contributed by atoms with Gasteiger partial charge in [-0.05, 0) is 71.8 Å². The van der Waals surface area contributed by atoms with Crippen LogP contribution in [0.5, 0.6) is 5.75 Å². The van der Waals surface area contributed by atoms with Gasteiger partial charge in [0.15, 0.2) is 0 Å². The first-order chi connectivity index (χ1) is 8.33. The molecule has 92 valence electrons. The Labute approximate surface area is 111 Å². The molecule has 0 saturated carbocycles. The van der Waals surface area contributed by atoms with E-state index in [0.717, 1.165) is 36.1 Å². The number of fused-ring (bicyclic) bond motifs is 1. The number of aryl methyl sites for hydroxylation is 1. The van der Waals surface area contributed by atoms with E-state index < -0.39 is 0 Å². The zero-order valence-electron chi connectivity index (χ0n) is 9.97. The summed E-state index contributed by atoms with van der Waals surface area (Å²) in [5.74, 6) is 1.07. The zero-order chi connectivity index (χ0) is 11.7. The zero-order valence-corrected chi connectivity index (χ0v) is 11.6. The van der Waals surface area contributed by atoms with E-state index in [-0.39, 0.29) is 0 Å². The fourth-order valence-corrected chi connectivity index (χ4v) is 3.49. The molecule has 0 spiro atoms. The average Bonchev–Trinajstić information content (AvgIpc) is 2.82. The second-order valence-corrected chi connectivity index (χ2v) is 5.87. The Morgan fingerprint density at radius 2 is 2.29 bits per heavy atom. The molecule has 1 aromatic rings. The third-order valence-electron chi connectivity index (χ3n) is 3.66. The van der Waals surface area contributed by atoms with Gasteiger partial charge in [0, 0.05) is 6.04 Å². The highest BCUT2D eigenvalue weighted by molar-refractivity contribution is 9.10. The average molecular weight is 296 g/mol. The van der Waals surface area contributed by atoms with Gasteiger partial charge in [0.25, 0.3) is 0 Å². The summed E-state index contributed by atoms with van der Waals surface area (Å²) in [5, 5.41) is 3.56. The molecule has 0 radical (unpaired) electrons. The van der Waals surface area contributed by atoms with E-state index in [4.69, 9.17) is 4.74 Å². The molecule has 3 heteroatoms. The van der Waals surface area contributed by atoms with Crippen molar-refractivity contribution in [3.8, 4) is 5.75 Å². The van der Waals surface area contributed by atoms with E-state index in [1.54, 1.807) is 0 Å². The summed E-state index contributed by atoms with van der Waals surface area (Å²) >= 11 is 3.64. The predicted molar refractivity (Wildman–Crippen MR) is 72.7 cm³/mol. The van der Waals surface area contributed by atoms with Gasteiger partial charge in [0.05, 0.1) is 11.1 Å². The number of rotatable bonds is 2. The van der Waals surface area contributed by atoms with Crippen LogP contribution in [0.1, 0.15) is 30.4 Å². The van der Waals surface area contributed by atoms with Crippen molar-refractivity contribution in [2.75, 3.05) is 13.2 Å². The first-order valence-electron chi connectivity index (χ1n) is 6.50. The van der Waals surface area contributed by atoms with Gasteiger partial charge in [-0.25, -0.2) is 0 Å². The van der Waals surface area contributed by atoms with Crippen LogP contribution in [0.4, 0.5) is 0 Å². The van der Waals surface area contributed by atoms with Gasteiger partial charge >= 0.3 is 0 Å². The summed E-state index contributed by atoms with van der Waals surface area (Å²) in [6.07, 6.45) is 6.07. The number of hydrogen-bond donors (Lipinski definition) is 1. The van der Waals surface area contributed by atoms with Crippen molar-refractivity contribution in [3.05, 3.63) is 27.7 Å². The van der Waals surface area contributed by atoms with Crippen molar-refractivity contribution >= 4 is 15.9 Å². The molecule has 0 aromatic heterocycles. The highest BCUT2D eigenvalue weighted by Gasteiger charge is 2.18. The van der Waals surface area contributed by atoms with Crippen molar-refractivity contribution in [1.29, 1.82) is 0 Å². The molecule has 2 aliphatic heterocycles. The standard InChI is InChI=1S/C14H18BrNO/c15-13-9-10(8-12-4-1-5-16-12)7-11-3-2-6-17-14(11)13/h7,9,12,16H,1-6,8H2. The largest absolute Gasteiger partial charge is 0.492 e. The van der Waals surface area contributed by atoms with Crippen LogP contribution in [0.25, 0.3) is 0 Å². The van der Waals surface area contributed by atoms with Crippen LogP contribution in [0.15, 0.2) is 16.6 Å². The van der Waals surface area contributed by atoms with Crippen molar-refractivity contribution in [1.82, 2.24) is 5.32 Å². The summed E-state index contributed by atoms with van der Waals surface area (Å²) in [4.78, 5) is 0. The van der Waals surface area contributed by atoms with Crippen molar-refractivity contribution in [2.24, 2.45) is 0 Å². The highest BCUT2D eigenvalue weighted by atomic mass is 79.9. The molecule has 2 heterocycles. The second kappa shape index (κ2) is 4.99. The minimum atomic E-state index is 0.671. The van der Waals surface area contributed by atoms with Crippen molar-refractivity contribution in [2.45, 2.75) is 38.1 Å². The fraction of sp³-hybridized carbons (Fsp3) is 0.571. The molecule has 0 aliphatic carbocycles. The highest BCUT2D eigenvalue weighted by Crippen LogP contribution is 2.34. The Bertz CT molecular complexity index is 413. The van der Waals surface area contributed by atoms with Crippen LogP contribution in [0.3, 0.4) is 0 Å². The molecule has 2 nitrogen and oxygen atoms in total. The normalized spacial score (nSPS) is 23.2. The third kappa shape index (κ3) is 2.50. The van der Waals surface area contributed by atoms with E-state index in [2.05, 4.69) is 33.4 Å². The Kier molecular flexibility index (Phi) is 3.39. The summed E-state index contributed by atoms with van der Waals surface area (Å²) in [7, 11) is 0. The second-order valence-electron chi connectivity index (χ2n) is 5.02. The number of ether oxygens (including phenoxy) is 1. The van der Waals surface area contributed by atoms with Crippen molar-refractivity contribution < 1.29 is 4.74 Å². The van der Waals surface area contributed by atoms with Crippen molar-refractivity contribution in [3.63, 3.8) is 0 Å². The number of halogens is 1. The molecule has 1 unspecified atom stereocenters. The summed E-state index contributed by atoms with van der Waals surface area (Å²) in [5.41, 5.74) is 2.80. The molecule has 1 fully saturated rings. The lowest BCUT2D eigenvalue weighted by Gasteiger charge is -2.20. The summed E-state index contributed by atoms with van der Waals surface area (Å²) in [6.45, 7) is 2.04. The van der Waals surface area contributed by atoms with E-state index in [0.29, 0.717) is 6.04 Å². The molecule has 1 atom stereocenters. The summed E-state index contributed by atoms with van der Waals surface area (Å²) in [6, 6.07) is 5.23. The lowest BCUT2D eigenvalue weighted by molar-refractivity contribution is 0.286. The maximum Gasteiger partial charge on any atom is 0.136 e. The maximum absolute atomic E-state index is 5.72. The third-order valence-corrected chi connectivity index (χ3v) is 4.25. The molecule has 0 amide bonds. The quantitative estimate of drug-likeness (QED) is 0.905. The van der Waals surface area contributed by atoms with Gasteiger partial charge in [-0.3, -0.25) is 0 Å². The maximum atomic E-state index is 5.72. The number of hydrogen-bond acceptors (Lipinski definition) is 2. The predicted octanol–water partition coefficient (Wildman–Crippen LogP) is 3.07. The lowest BCUT2D eigenvalue weighted by atomic mass is 9.99. The molecule has 1 N–H and O–H groups in total. The van der Waals surface area contributed by atoms with Gasteiger partial charge in [-0.2, -0.15) is 0 Å². The van der Waals surface area contributed by atoms with Crippen LogP contribution in [-0.4, -0.2) is 19.2 Å². The number of benzene rings is 1. The van der Waals surface area contributed by atoms with Gasteiger partial charge in [-0.15, -0.1) is 0 Å². The summed E-state index contributed by atoms with van der Waals surface area (Å²) < 4.78 is 6.84. The van der Waals surface area contributed by atoms with Gasteiger partial charge in [0.2, 0.25) is 0 Å². The Balaban J connectivity index is 1.82. The Morgan fingerprint density at radius 3 is 3.12 bits per heavy atom. The molecular formula is C14H18BrNO. The Hall–Kier alpha value is -0.540. The smallest absolute Gasteiger partial charge is 0.136 e. The molecular weight excluding hydrogens is 278 g/mol. The Morgan fingerprint density at radius 1 is 1.35 bits per heavy atom. The first-order valence-corrected chi connectivity index (χ1v) is 7.30. The monoisotopic (exact) mass is 295 g/mol. The van der Waals surface area contributed by atoms with Crippen LogP contribution in [0.2, 0.25) is 0 Å². The van der Waals surface area contributed by atoms with E-state index in [1.807, 2.05) is 0 Å². The molecule has 17 heavy (non-hydrogen) atoms. The molecule has 0 bridgehead atoms. The first kappa shape index (κ1) is 11.5. The molecule has 3 rings (SSSR count). The van der Waals surface area contributed by atoms with Crippen LogP contribution >= 0.6 is 15.9 Å². The van der Waals surface area contributed by atoms with Crippen LogP contribution in [0, 0.1) is 0 Å².